The van der Waals surface area contributed by atoms with Crippen molar-refractivity contribution in [3.8, 4) is 5.88 Å². The van der Waals surface area contributed by atoms with Crippen molar-refractivity contribution < 1.29 is 4.74 Å². The molecule has 0 radical (unpaired) electrons. The van der Waals surface area contributed by atoms with Crippen LogP contribution < -0.4 is 10.1 Å². The number of H-pyrrole nitrogens is 1. The topological polar surface area (TPSA) is 62.8 Å². The number of nitrogens with zero attached hydrogens (tertiary/aromatic N) is 2. The van der Waals surface area contributed by atoms with E-state index in [-0.39, 0.29) is 0 Å². The molecule has 0 spiro atoms. The van der Waals surface area contributed by atoms with E-state index in [1.807, 2.05) is 32.2 Å². The summed E-state index contributed by atoms with van der Waals surface area (Å²) in [7, 11) is 0. The molecule has 2 heterocycles. The second-order valence-corrected chi connectivity index (χ2v) is 3.64. The Bertz CT molecular complexity index is 481. The molecule has 2 aromatic heterocycles. The van der Waals surface area contributed by atoms with Gasteiger partial charge in [-0.2, -0.15) is 0 Å². The minimum Gasteiger partial charge on any atom is -0.476 e. The van der Waals surface area contributed by atoms with Crippen LogP contribution in [0, 0.1) is 6.92 Å². The highest BCUT2D eigenvalue weighted by Crippen LogP contribution is 2.20. The number of hydrogen-bond donors (Lipinski definition) is 2. The molecule has 17 heavy (non-hydrogen) atoms. The van der Waals surface area contributed by atoms with E-state index in [1.54, 1.807) is 6.20 Å². The predicted octanol–water partition coefficient (Wildman–Crippen LogP) is 2.12. The van der Waals surface area contributed by atoms with Gasteiger partial charge in [-0.25, -0.2) is 9.97 Å². The van der Waals surface area contributed by atoms with E-state index in [4.69, 9.17) is 4.74 Å². The molecule has 0 saturated heterocycles. The molecule has 0 aliphatic carbocycles. The fourth-order valence-electron chi connectivity index (χ4n) is 1.53. The number of anilines is 1. The molecule has 0 atom stereocenters. The van der Waals surface area contributed by atoms with E-state index in [9.17, 15) is 0 Å². The number of aryl methyl sites for hydroxylation is 1. The van der Waals surface area contributed by atoms with Gasteiger partial charge in [0.2, 0.25) is 5.88 Å². The standard InChI is InChI=1S/C12H16N4O/c1-3-17-12-11(5-4-6-13-12)15-8-10-7-14-9(2)16-10/h4-7,15H,3,8H2,1-2H3,(H,14,16). The monoisotopic (exact) mass is 232 g/mol. The number of pyridine rings is 1. The molecule has 0 aliphatic rings. The van der Waals surface area contributed by atoms with Gasteiger partial charge in [-0.05, 0) is 26.0 Å². The van der Waals surface area contributed by atoms with Crippen molar-refractivity contribution in [1.29, 1.82) is 0 Å². The minimum absolute atomic E-state index is 0.606. The fourth-order valence-corrected chi connectivity index (χ4v) is 1.53. The smallest absolute Gasteiger partial charge is 0.237 e. The third-order valence-corrected chi connectivity index (χ3v) is 2.28. The number of imidazole rings is 1. The highest BCUT2D eigenvalue weighted by Gasteiger charge is 2.04. The zero-order valence-corrected chi connectivity index (χ0v) is 10.0. The SMILES string of the molecule is CCOc1ncccc1NCc1cnc(C)[nH]1. The molecular formula is C12H16N4O. The molecule has 0 unspecified atom stereocenters. The summed E-state index contributed by atoms with van der Waals surface area (Å²) in [6.45, 7) is 5.15. The van der Waals surface area contributed by atoms with Gasteiger partial charge in [0, 0.05) is 6.20 Å². The van der Waals surface area contributed by atoms with Crippen molar-refractivity contribution in [3.05, 3.63) is 36.0 Å². The van der Waals surface area contributed by atoms with Gasteiger partial charge in [0.25, 0.3) is 0 Å². The van der Waals surface area contributed by atoms with Crippen molar-refractivity contribution in [1.82, 2.24) is 15.0 Å². The molecule has 2 aromatic rings. The van der Waals surface area contributed by atoms with Gasteiger partial charge < -0.3 is 15.0 Å². The second-order valence-electron chi connectivity index (χ2n) is 3.64. The first kappa shape index (κ1) is 11.4. The number of rotatable bonds is 5. The molecule has 5 heteroatoms. The van der Waals surface area contributed by atoms with E-state index >= 15 is 0 Å². The van der Waals surface area contributed by atoms with Crippen molar-refractivity contribution >= 4 is 5.69 Å². The first-order valence-electron chi connectivity index (χ1n) is 5.61. The Kier molecular flexibility index (Phi) is 3.59. The van der Waals surface area contributed by atoms with E-state index in [0.717, 1.165) is 17.2 Å². The molecule has 0 amide bonds. The van der Waals surface area contributed by atoms with Crippen LogP contribution in [0.1, 0.15) is 18.4 Å². The maximum absolute atomic E-state index is 5.43. The quantitative estimate of drug-likeness (QED) is 0.829. The van der Waals surface area contributed by atoms with Crippen LogP contribution in [-0.4, -0.2) is 21.6 Å². The minimum atomic E-state index is 0.606. The maximum Gasteiger partial charge on any atom is 0.237 e. The Balaban J connectivity index is 2.03. The highest BCUT2D eigenvalue weighted by molar-refractivity contribution is 5.52. The van der Waals surface area contributed by atoms with Crippen molar-refractivity contribution in [2.45, 2.75) is 20.4 Å². The summed E-state index contributed by atoms with van der Waals surface area (Å²) in [5.41, 5.74) is 1.93. The Morgan fingerprint density at radius 2 is 2.29 bits per heavy atom. The van der Waals surface area contributed by atoms with Crippen LogP contribution in [0.15, 0.2) is 24.5 Å². The Hall–Kier alpha value is -2.04. The molecule has 90 valence electrons. The van der Waals surface area contributed by atoms with E-state index in [0.29, 0.717) is 19.0 Å². The molecule has 0 saturated carbocycles. The normalized spacial score (nSPS) is 10.2. The van der Waals surface area contributed by atoms with Gasteiger partial charge in [-0.3, -0.25) is 0 Å². The van der Waals surface area contributed by atoms with Crippen LogP contribution in [0.5, 0.6) is 5.88 Å². The molecule has 2 rings (SSSR count). The fraction of sp³-hybridized carbons (Fsp3) is 0.333. The van der Waals surface area contributed by atoms with Gasteiger partial charge in [0.1, 0.15) is 5.82 Å². The van der Waals surface area contributed by atoms with Gasteiger partial charge in [-0.1, -0.05) is 0 Å². The summed E-state index contributed by atoms with van der Waals surface area (Å²) >= 11 is 0. The first-order chi connectivity index (χ1) is 8.29. The van der Waals surface area contributed by atoms with Crippen LogP contribution in [0.25, 0.3) is 0 Å². The van der Waals surface area contributed by atoms with Gasteiger partial charge in [-0.15, -0.1) is 0 Å². The number of nitrogens with one attached hydrogen (secondary N) is 2. The summed E-state index contributed by atoms with van der Waals surface area (Å²) in [6, 6.07) is 3.82. The third kappa shape index (κ3) is 2.96. The zero-order chi connectivity index (χ0) is 12.1. The third-order valence-electron chi connectivity index (χ3n) is 2.28. The van der Waals surface area contributed by atoms with E-state index in [2.05, 4.69) is 20.3 Å². The van der Waals surface area contributed by atoms with Crippen molar-refractivity contribution in [2.75, 3.05) is 11.9 Å². The van der Waals surface area contributed by atoms with Crippen molar-refractivity contribution in [3.63, 3.8) is 0 Å². The van der Waals surface area contributed by atoms with E-state index < -0.39 is 0 Å². The van der Waals surface area contributed by atoms with Crippen LogP contribution in [0.3, 0.4) is 0 Å². The largest absolute Gasteiger partial charge is 0.476 e. The Morgan fingerprint density at radius 1 is 1.41 bits per heavy atom. The number of aromatic nitrogens is 3. The van der Waals surface area contributed by atoms with Gasteiger partial charge >= 0.3 is 0 Å². The molecule has 2 N–H and O–H groups in total. The van der Waals surface area contributed by atoms with Gasteiger partial charge in [0.15, 0.2) is 0 Å². The lowest BCUT2D eigenvalue weighted by molar-refractivity contribution is 0.328. The zero-order valence-electron chi connectivity index (χ0n) is 10.0. The summed E-state index contributed by atoms with van der Waals surface area (Å²) < 4.78 is 5.43. The summed E-state index contributed by atoms with van der Waals surface area (Å²) in [5.74, 6) is 1.55. The Morgan fingerprint density at radius 3 is 3.00 bits per heavy atom. The molecule has 5 nitrogen and oxygen atoms in total. The summed E-state index contributed by atoms with van der Waals surface area (Å²) in [4.78, 5) is 11.5. The lowest BCUT2D eigenvalue weighted by Crippen LogP contribution is -2.04. The maximum atomic E-state index is 5.43. The lowest BCUT2D eigenvalue weighted by Gasteiger charge is -2.09. The molecule has 0 bridgehead atoms. The van der Waals surface area contributed by atoms with Crippen LogP contribution in [0.2, 0.25) is 0 Å². The highest BCUT2D eigenvalue weighted by atomic mass is 16.5. The van der Waals surface area contributed by atoms with Crippen LogP contribution >= 0.6 is 0 Å². The lowest BCUT2D eigenvalue weighted by atomic mass is 10.3. The molecular weight excluding hydrogens is 216 g/mol. The second kappa shape index (κ2) is 5.34. The van der Waals surface area contributed by atoms with Gasteiger partial charge in [0.05, 0.1) is 30.7 Å². The molecule has 0 fully saturated rings. The Labute approximate surface area is 100 Å². The predicted molar refractivity (Wildman–Crippen MR) is 66.1 cm³/mol. The summed E-state index contributed by atoms with van der Waals surface area (Å²) in [6.07, 6.45) is 3.54. The number of hydrogen-bond acceptors (Lipinski definition) is 4. The van der Waals surface area contributed by atoms with E-state index in [1.165, 1.54) is 0 Å². The first-order valence-corrected chi connectivity index (χ1v) is 5.61. The van der Waals surface area contributed by atoms with Crippen LogP contribution in [0.4, 0.5) is 5.69 Å². The summed E-state index contributed by atoms with van der Waals surface area (Å²) in [5, 5.41) is 3.27. The number of aromatic amines is 1. The molecule has 0 aromatic carbocycles. The number of ether oxygens (including phenoxy) is 1. The molecule has 0 aliphatic heterocycles. The average molecular weight is 232 g/mol. The van der Waals surface area contributed by atoms with Crippen molar-refractivity contribution in [2.24, 2.45) is 0 Å². The van der Waals surface area contributed by atoms with Crippen LogP contribution in [-0.2, 0) is 6.54 Å². The average Bonchev–Trinajstić information content (AvgIpc) is 2.74.